The summed E-state index contributed by atoms with van der Waals surface area (Å²) in [5.41, 5.74) is 1.26. The summed E-state index contributed by atoms with van der Waals surface area (Å²) in [4.78, 5) is 15.1. The Bertz CT molecular complexity index is 766. The van der Waals surface area contributed by atoms with Gasteiger partial charge in [0.05, 0.1) is 9.08 Å². The van der Waals surface area contributed by atoms with Crippen molar-refractivity contribution >= 4 is 48.7 Å². The second-order valence-electron chi connectivity index (χ2n) is 3.97. The first kappa shape index (κ1) is 14.6. The van der Waals surface area contributed by atoms with Crippen LogP contribution in [-0.2, 0) is 0 Å². The summed E-state index contributed by atoms with van der Waals surface area (Å²) in [5, 5.41) is 7.87. The van der Waals surface area contributed by atoms with E-state index in [1.54, 1.807) is 24.3 Å². The Morgan fingerprint density at radius 1 is 1.19 bits per heavy atom. The second-order valence-corrected chi connectivity index (χ2v) is 6.55. The molecule has 0 radical (unpaired) electrons. The highest BCUT2D eigenvalue weighted by Crippen LogP contribution is 2.30. The number of aromatic amines is 1. The lowest BCUT2D eigenvalue weighted by Crippen LogP contribution is -1.92. The van der Waals surface area contributed by atoms with Gasteiger partial charge in [0.25, 0.3) is 11.1 Å². The lowest BCUT2D eigenvalue weighted by atomic mass is 10.2. The number of H-pyrrole nitrogens is 1. The van der Waals surface area contributed by atoms with Gasteiger partial charge in [-0.3, -0.25) is 4.79 Å². The van der Waals surface area contributed by atoms with Crippen LogP contribution in [0.5, 0.6) is 0 Å². The van der Waals surface area contributed by atoms with Crippen LogP contribution in [0.1, 0.15) is 10.4 Å². The predicted molar refractivity (Wildman–Crippen MR) is 86.1 cm³/mol. The maximum atomic E-state index is 12.0. The van der Waals surface area contributed by atoms with Crippen molar-refractivity contribution < 1.29 is 9.21 Å². The smallest absolute Gasteiger partial charge is 0.284 e. The number of aromatic nitrogens is 3. The first-order valence-electron chi connectivity index (χ1n) is 5.78. The van der Waals surface area contributed by atoms with E-state index in [-0.39, 0.29) is 10.3 Å². The molecule has 0 saturated carbocycles. The van der Waals surface area contributed by atoms with E-state index in [9.17, 15) is 4.79 Å². The molecule has 3 aromatic rings. The van der Waals surface area contributed by atoms with Crippen molar-refractivity contribution in [1.82, 2.24) is 15.2 Å². The lowest BCUT2D eigenvalue weighted by molar-refractivity contribution is 0.108. The van der Waals surface area contributed by atoms with Gasteiger partial charge < -0.3 is 9.40 Å². The lowest BCUT2D eigenvalue weighted by Gasteiger charge is -1.95. The Hall–Kier alpha value is -1.38. The quantitative estimate of drug-likeness (QED) is 0.620. The fourth-order valence-electron chi connectivity index (χ4n) is 1.59. The van der Waals surface area contributed by atoms with Crippen LogP contribution in [0.3, 0.4) is 0 Å². The van der Waals surface area contributed by atoms with Crippen LogP contribution in [0, 0.1) is 0 Å². The number of hydrogen-bond acceptors (Lipinski definition) is 5. The molecule has 2 aromatic heterocycles. The molecule has 106 valence electrons. The zero-order valence-corrected chi connectivity index (χ0v) is 14.3. The molecule has 0 aliphatic carbocycles. The van der Waals surface area contributed by atoms with Crippen LogP contribution < -0.4 is 0 Å². The minimum absolute atomic E-state index is 0.139. The van der Waals surface area contributed by atoms with Gasteiger partial charge in [-0.15, -0.1) is 10.2 Å². The van der Waals surface area contributed by atoms with Crippen LogP contribution in [0.25, 0.3) is 11.6 Å². The maximum absolute atomic E-state index is 12.0. The third-order valence-corrected chi connectivity index (χ3v) is 5.10. The molecule has 0 unspecified atom stereocenters. The van der Waals surface area contributed by atoms with Gasteiger partial charge in [-0.25, -0.2) is 0 Å². The van der Waals surface area contributed by atoms with Crippen molar-refractivity contribution in [1.29, 1.82) is 0 Å². The molecule has 0 saturated heterocycles. The molecule has 0 spiro atoms. The van der Waals surface area contributed by atoms with E-state index in [0.29, 0.717) is 17.1 Å². The number of halogens is 2. The summed E-state index contributed by atoms with van der Waals surface area (Å²) in [6, 6.07) is 10.8. The van der Waals surface area contributed by atoms with Crippen molar-refractivity contribution in [3.63, 3.8) is 0 Å². The average molecular weight is 429 g/mol. The summed E-state index contributed by atoms with van der Waals surface area (Å²) in [7, 11) is 0. The van der Waals surface area contributed by atoms with Gasteiger partial charge in [0.1, 0.15) is 5.69 Å². The minimum atomic E-state index is -0.139. The summed E-state index contributed by atoms with van der Waals surface area (Å²) < 4.78 is 7.11. The van der Waals surface area contributed by atoms with E-state index in [4.69, 9.17) is 4.42 Å². The van der Waals surface area contributed by atoms with Crippen molar-refractivity contribution in [3.05, 3.63) is 51.0 Å². The van der Waals surface area contributed by atoms with Crippen molar-refractivity contribution in [2.24, 2.45) is 0 Å². The van der Waals surface area contributed by atoms with Gasteiger partial charge in [-0.05, 0) is 37.9 Å². The first-order chi connectivity index (χ1) is 10.1. The highest BCUT2D eigenvalue weighted by molar-refractivity contribution is 9.13. The zero-order valence-electron chi connectivity index (χ0n) is 10.3. The fourth-order valence-corrected chi connectivity index (χ4v) is 2.86. The van der Waals surface area contributed by atoms with Gasteiger partial charge >= 0.3 is 0 Å². The number of thioether (sulfide) groups is 1. The standard InChI is InChI=1S/C13H7Br2N3O2S/c14-8-6-9(16-10(8)15)11-17-18-13(20-11)21-12(19)7-4-2-1-3-5-7/h1-6,16H. The SMILES string of the molecule is O=C(Sc1nnc(-c2cc(Br)c(Br)[nH]2)o1)c1ccccc1. The molecule has 8 heteroatoms. The van der Waals surface area contributed by atoms with Crippen molar-refractivity contribution in [3.8, 4) is 11.6 Å². The number of carbonyl (C=O) groups excluding carboxylic acids is 1. The largest absolute Gasteiger partial charge is 0.409 e. The Kier molecular flexibility index (Phi) is 4.27. The van der Waals surface area contributed by atoms with E-state index >= 15 is 0 Å². The number of benzene rings is 1. The highest BCUT2D eigenvalue weighted by atomic mass is 79.9. The van der Waals surface area contributed by atoms with E-state index in [1.165, 1.54) is 0 Å². The molecule has 0 atom stereocenters. The van der Waals surface area contributed by atoms with Gasteiger partial charge in [0.2, 0.25) is 5.12 Å². The molecular formula is C13H7Br2N3O2S. The highest BCUT2D eigenvalue weighted by Gasteiger charge is 2.16. The molecule has 21 heavy (non-hydrogen) atoms. The van der Waals surface area contributed by atoms with Crippen LogP contribution >= 0.6 is 43.6 Å². The van der Waals surface area contributed by atoms with Crippen molar-refractivity contribution in [2.75, 3.05) is 0 Å². The number of nitrogens with one attached hydrogen (secondary N) is 1. The molecule has 1 N–H and O–H groups in total. The summed E-state index contributed by atoms with van der Waals surface area (Å²) in [6.45, 7) is 0. The first-order valence-corrected chi connectivity index (χ1v) is 8.19. The van der Waals surface area contributed by atoms with E-state index in [2.05, 4.69) is 47.0 Å². The Balaban J connectivity index is 1.78. The monoisotopic (exact) mass is 427 g/mol. The van der Waals surface area contributed by atoms with Crippen LogP contribution in [-0.4, -0.2) is 20.3 Å². The Labute approximate surface area is 140 Å². The molecule has 5 nitrogen and oxygen atoms in total. The number of nitrogens with zero attached hydrogens (tertiary/aromatic N) is 2. The second kappa shape index (κ2) is 6.17. The predicted octanol–water partition coefficient (Wildman–Crippen LogP) is 4.52. The summed E-state index contributed by atoms with van der Waals surface area (Å²) in [5.74, 6) is 0.324. The van der Waals surface area contributed by atoms with Crippen LogP contribution in [0.15, 0.2) is 55.1 Å². The zero-order chi connectivity index (χ0) is 14.8. The Morgan fingerprint density at radius 3 is 2.62 bits per heavy atom. The van der Waals surface area contributed by atoms with Crippen LogP contribution in [0.2, 0.25) is 0 Å². The third kappa shape index (κ3) is 3.28. The number of hydrogen-bond donors (Lipinski definition) is 1. The molecule has 2 heterocycles. The molecule has 0 bridgehead atoms. The molecular weight excluding hydrogens is 422 g/mol. The third-order valence-electron chi connectivity index (χ3n) is 2.55. The molecule has 0 fully saturated rings. The molecule has 0 amide bonds. The Morgan fingerprint density at radius 2 is 1.95 bits per heavy atom. The van der Waals surface area contributed by atoms with E-state index < -0.39 is 0 Å². The molecule has 0 aliphatic rings. The normalized spacial score (nSPS) is 10.8. The topological polar surface area (TPSA) is 71.8 Å². The van der Waals surface area contributed by atoms with E-state index in [1.807, 2.05) is 12.1 Å². The minimum Gasteiger partial charge on any atom is -0.409 e. The summed E-state index contributed by atoms with van der Waals surface area (Å²) >= 11 is 7.61. The average Bonchev–Trinajstić information content (AvgIpc) is 3.07. The fraction of sp³-hybridized carbons (Fsp3) is 0. The maximum Gasteiger partial charge on any atom is 0.284 e. The summed E-state index contributed by atoms with van der Waals surface area (Å²) in [6.07, 6.45) is 0. The number of rotatable bonds is 3. The van der Waals surface area contributed by atoms with Gasteiger partial charge in [0, 0.05) is 17.3 Å². The molecule has 1 aromatic carbocycles. The van der Waals surface area contributed by atoms with Gasteiger partial charge in [-0.2, -0.15) is 0 Å². The van der Waals surface area contributed by atoms with Gasteiger partial charge in [0.15, 0.2) is 0 Å². The van der Waals surface area contributed by atoms with Crippen LogP contribution in [0.4, 0.5) is 0 Å². The number of carbonyl (C=O) groups is 1. The van der Waals surface area contributed by atoms with E-state index in [0.717, 1.165) is 20.8 Å². The van der Waals surface area contributed by atoms with Crippen molar-refractivity contribution in [2.45, 2.75) is 5.22 Å². The molecule has 0 aliphatic heterocycles. The van der Waals surface area contributed by atoms with Gasteiger partial charge in [-0.1, -0.05) is 30.3 Å². The molecule has 3 rings (SSSR count).